The number of phenolic OH excluding ortho intramolecular Hbond substituents is 1. The Morgan fingerprint density at radius 3 is 2.65 bits per heavy atom. The lowest BCUT2D eigenvalue weighted by molar-refractivity contribution is 0.221. The zero-order valence-electron chi connectivity index (χ0n) is 9.43. The van der Waals surface area contributed by atoms with Gasteiger partial charge in [0.1, 0.15) is 16.7 Å². The van der Waals surface area contributed by atoms with Gasteiger partial charge in [0.15, 0.2) is 5.75 Å². The molecule has 5 nitrogen and oxygen atoms in total. The Balaban J connectivity index is 2.78. The van der Waals surface area contributed by atoms with Gasteiger partial charge in [-0.25, -0.2) is 4.79 Å². The van der Waals surface area contributed by atoms with Crippen LogP contribution in [0.1, 0.15) is 13.8 Å². The number of benzene rings is 1. The first-order valence-electron chi connectivity index (χ1n) is 5.15. The van der Waals surface area contributed by atoms with E-state index in [9.17, 15) is 15.0 Å². The molecule has 2 N–H and O–H groups in total. The number of phenols is 1. The summed E-state index contributed by atoms with van der Waals surface area (Å²) >= 11 is 0. The van der Waals surface area contributed by atoms with E-state index in [1.807, 2.05) is 0 Å². The Morgan fingerprint density at radius 1 is 1.29 bits per heavy atom. The molecule has 0 fully saturated rings. The van der Waals surface area contributed by atoms with E-state index >= 15 is 0 Å². The molecule has 5 heteroatoms. The van der Waals surface area contributed by atoms with E-state index in [4.69, 9.17) is 9.15 Å². The lowest BCUT2D eigenvalue weighted by Gasteiger charge is -2.11. The number of fused-ring (bicyclic) bond motifs is 1. The SMILES string of the molecule is CC(C)Oc1c(O)c2c(O)cccc2oc1=O. The van der Waals surface area contributed by atoms with Gasteiger partial charge in [0, 0.05) is 0 Å². The molecule has 90 valence electrons. The van der Waals surface area contributed by atoms with Crippen LogP contribution in [0.2, 0.25) is 0 Å². The monoisotopic (exact) mass is 236 g/mol. The van der Waals surface area contributed by atoms with E-state index in [0.717, 1.165) is 0 Å². The van der Waals surface area contributed by atoms with Crippen LogP contribution in [-0.2, 0) is 0 Å². The molecule has 0 unspecified atom stereocenters. The summed E-state index contributed by atoms with van der Waals surface area (Å²) in [5.74, 6) is -0.852. The first kappa shape index (κ1) is 11.3. The average molecular weight is 236 g/mol. The second-order valence-electron chi connectivity index (χ2n) is 3.88. The smallest absolute Gasteiger partial charge is 0.383 e. The van der Waals surface area contributed by atoms with Crippen LogP contribution in [0.4, 0.5) is 0 Å². The largest absolute Gasteiger partial charge is 0.507 e. The summed E-state index contributed by atoms with van der Waals surface area (Å²) in [6, 6.07) is 4.39. The van der Waals surface area contributed by atoms with Crippen LogP contribution in [0, 0.1) is 0 Å². The van der Waals surface area contributed by atoms with Gasteiger partial charge >= 0.3 is 5.63 Å². The Morgan fingerprint density at radius 2 is 2.00 bits per heavy atom. The van der Waals surface area contributed by atoms with Gasteiger partial charge in [-0.05, 0) is 26.0 Å². The summed E-state index contributed by atoms with van der Waals surface area (Å²) in [7, 11) is 0. The molecular weight excluding hydrogens is 224 g/mol. The summed E-state index contributed by atoms with van der Waals surface area (Å²) in [5.41, 5.74) is -0.655. The molecule has 0 amide bonds. The van der Waals surface area contributed by atoms with Gasteiger partial charge in [-0.15, -0.1) is 0 Å². The standard InChI is InChI=1S/C12H12O5/c1-6(2)16-11-10(14)9-7(13)4-3-5-8(9)17-12(11)15/h3-6,13-14H,1-2H3. The third-order valence-electron chi connectivity index (χ3n) is 2.20. The second kappa shape index (κ2) is 4.01. The molecule has 1 heterocycles. The molecule has 1 aromatic heterocycles. The van der Waals surface area contributed by atoms with Crippen LogP contribution in [0.25, 0.3) is 11.0 Å². The molecule has 0 aliphatic carbocycles. The third-order valence-corrected chi connectivity index (χ3v) is 2.20. The van der Waals surface area contributed by atoms with E-state index in [1.165, 1.54) is 18.2 Å². The highest BCUT2D eigenvalue weighted by atomic mass is 16.5. The van der Waals surface area contributed by atoms with E-state index in [1.54, 1.807) is 13.8 Å². The first-order chi connectivity index (χ1) is 8.00. The highest BCUT2D eigenvalue weighted by molar-refractivity contribution is 5.90. The predicted molar refractivity (Wildman–Crippen MR) is 61.6 cm³/mol. The number of aromatic hydroxyl groups is 2. The van der Waals surface area contributed by atoms with Crippen molar-refractivity contribution in [2.45, 2.75) is 20.0 Å². The highest BCUT2D eigenvalue weighted by Gasteiger charge is 2.18. The second-order valence-corrected chi connectivity index (χ2v) is 3.88. The highest BCUT2D eigenvalue weighted by Crippen LogP contribution is 2.37. The fourth-order valence-corrected chi connectivity index (χ4v) is 1.54. The molecule has 0 spiro atoms. The Labute approximate surface area is 96.9 Å². The molecule has 1 aromatic carbocycles. The molecule has 0 saturated heterocycles. The number of hydrogen-bond donors (Lipinski definition) is 2. The maximum Gasteiger partial charge on any atom is 0.383 e. The Kier molecular flexibility index (Phi) is 2.67. The minimum atomic E-state index is -0.769. The lowest BCUT2D eigenvalue weighted by Crippen LogP contribution is -2.13. The topological polar surface area (TPSA) is 79.9 Å². The molecule has 0 radical (unpaired) electrons. The van der Waals surface area contributed by atoms with Crippen molar-refractivity contribution < 1.29 is 19.4 Å². The van der Waals surface area contributed by atoms with Crippen molar-refractivity contribution in [3.8, 4) is 17.2 Å². The first-order valence-corrected chi connectivity index (χ1v) is 5.15. The number of rotatable bonds is 2. The Bertz CT molecular complexity index is 612. The Hall–Kier alpha value is -2.17. The van der Waals surface area contributed by atoms with Crippen molar-refractivity contribution in [2.24, 2.45) is 0 Å². The van der Waals surface area contributed by atoms with Gasteiger partial charge in [0.05, 0.1) is 6.10 Å². The van der Waals surface area contributed by atoms with Gasteiger partial charge in [0.25, 0.3) is 0 Å². The molecule has 0 aliphatic heterocycles. The molecule has 0 atom stereocenters. The van der Waals surface area contributed by atoms with Crippen LogP contribution in [0.3, 0.4) is 0 Å². The zero-order valence-corrected chi connectivity index (χ0v) is 9.43. The minimum absolute atomic E-state index is 0.0720. The van der Waals surface area contributed by atoms with Crippen molar-refractivity contribution in [1.29, 1.82) is 0 Å². The molecule has 2 aromatic rings. The number of ether oxygens (including phenoxy) is 1. The van der Waals surface area contributed by atoms with Crippen LogP contribution in [-0.4, -0.2) is 16.3 Å². The summed E-state index contributed by atoms with van der Waals surface area (Å²) < 4.78 is 10.1. The molecule has 0 aliphatic rings. The summed E-state index contributed by atoms with van der Waals surface area (Å²) in [6.45, 7) is 3.43. The van der Waals surface area contributed by atoms with E-state index in [2.05, 4.69) is 0 Å². The van der Waals surface area contributed by atoms with Crippen LogP contribution in [0.15, 0.2) is 27.4 Å². The minimum Gasteiger partial charge on any atom is -0.507 e. The van der Waals surface area contributed by atoms with Gasteiger partial charge in [-0.2, -0.15) is 0 Å². The van der Waals surface area contributed by atoms with Gasteiger partial charge in [0.2, 0.25) is 5.75 Å². The van der Waals surface area contributed by atoms with Crippen LogP contribution < -0.4 is 10.4 Å². The van der Waals surface area contributed by atoms with Gasteiger partial charge in [-0.1, -0.05) is 6.07 Å². The van der Waals surface area contributed by atoms with Crippen LogP contribution in [0.5, 0.6) is 17.2 Å². The van der Waals surface area contributed by atoms with E-state index < -0.39 is 11.4 Å². The summed E-state index contributed by atoms with van der Waals surface area (Å²) in [5, 5.41) is 19.6. The van der Waals surface area contributed by atoms with Crippen molar-refractivity contribution in [3.05, 3.63) is 28.6 Å². The normalized spacial score (nSPS) is 11.0. The maximum absolute atomic E-state index is 11.6. The summed E-state index contributed by atoms with van der Waals surface area (Å²) in [4.78, 5) is 11.6. The van der Waals surface area contributed by atoms with Crippen LogP contribution >= 0.6 is 0 Å². The van der Waals surface area contributed by atoms with Gasteiger partial charge in [-0.3, -0.25) is 0 Å². The van der Waals surface area contributed by atoms with Crippen molar-refractivity contribution in [3.63, 3.8) is 0 Å². The molecular formula is C12H12O5. The lowest BCUT2D eigenvalue weighted by atomic mass is 10.2. The zero-order chi connectivity index (χ0) is 12.6. The summed E-state index contributed by atoms with van der Waals surface area (Å²) in [6.07, 6.45) is -0.285. The maximum atomic E-state index is 11.6. The predicted octanol–water partition coefficient (Wildman–Crippen LogP) is 1.99. The average Bonchev–Trinajstić information content (AvgIpc) is 2.23. The van der Waals surface area contributed by atoms with Gasteiger partial charge < -0.3 is 19.4 Å². The van der Waals surface area contributed by atoms with E-state index in [0.29, 0.717) is 0 Å². The molecule has 0 bridgehead atoms. The number of hydrogen-bond acceptors (Lipinski definition) is 5. The van der Waals surface area contributed by atoms with Crippen molar-refractivity contribution in [2.75, 3.05) is 0 Å². The molecule has 0 saturated carbocycles. The quantitative estimate of drug-likeness (QED) is 0.779. The van der Waals surface area contributed by atoms with E-state index in [-0.39, 0.29) is 28.6 Å². The van der Waals surface area contributed by atoms with Crippen molar-refractivity contribution >= 4 is 11.0 Å². The molecule has 2 rings (SSSR count). The third kappa shape index (κ3) is 1.91. The fraction of sp³-hybridized carbons (Fsp3) is 0.250. The van der Waals surface area contributed by atoms with Crippen molar-refractivity contribution in [1.82, 2.24) is 0 Å². The molecule has 17 heavy (non-hydrogen) atoms. The fourth-order valence-electron chi connectivity index (χ4n) is 1.54.